The van der Waals surface area contributed by atoms with Crippen LogP contribution >= 0.6 is 11.3 Å². The molecule has 0 aliphatic carbocycles. The molecule has 2 rings (SSSR count). The average Bonchev–Trinajstić information content (AvgIpc) is 2.82. The smallest absolute Gasteiger partial charge is 0.304 e. The molecule has 1 aromatic heterocycles. The Labute approximate surface area is 114 Å². The molecule has 0 spiro atoms. The highest BCUT2D eigenvalue weighted by Gasteiger charge is 1.99. The molecule has 1 aromatic carbocycles. The second-order valence-corrected chi connectivity index (χ2v) is 4.87. The minimum absolute atomic E-state index is 0.0404. The monoisotopic (exact) mass is 274 g/mol. The van der Waals surface area contributed by atoms with E-state index in [1.165, 1.54) is 6.92 Å². The van der Waals surface area contributed by atoms with Gasteiger partial charge in [0, 0.05) is 18.8 Å². The lowest BCUT2D eigenvalue weighted by Crippen LogP contribution is -2.19. The second-order valence-electron chi connectivity index (χ2n) is 4.02. The first-order chi connectivity index (χ1) is 9.15. The van der Waals surface area contributed by atoms with Gasteiger partial charge in [0.25, 0.3) is 0 Å². The van der Waals surface area contributed by atoms with Gasteiger partial charge in [-0.3, -0.25) is 9.59 Å². The molecule has 0 fully saturated rings. The third-order valence-corrected chi connectivity index (χ3v) is 3.19. The average molecular weight is 274 g/mol. The Morgan fingerprint density at radius 3 is 2.68 bits per heavy atom. The van der Waals surface area contributed by atoms with Gasteiger partial charge in [0.2, 0.25) is 5.91 Å². The first kappa shape index (κ1) is 13.3. The highest BCUT2D eigenvalue weighted by Crippen LogP contribution is 2.18. The normalized spacial score (nSPS) is 10.8. The molecule has 0 unspecified atom stereocenters. The van der Waals surface area contributed by atoms with Crippen LogP contribution in [0.25, 0.3) is 17.3 Å². The summed E-state index contributed by atoms with van der Waals surface area (Å²) < 4.78 is 0. The summed E-state index contributed by atoms with van der Waals surface area (Å²) >= 11 is 1.16. The van der Waals surface area contributed by atoms with Gasteiger partial charge in [0.15, 0.2) is 0 Å². The van der Waals surface area contributed by atoms with Crippen LogP contribution in [0.15, 0.2) is 40.5 Å². The molecule has 1 heterocycles. The second kappa shape index (κ2) is 6.15. The summed E-state index contributed by atoms with van der Waals surface area (Å²) in [6, 6.07) is 7.84. The number of amides is 1. The van der Waals surface area contributed by atoms with E-state index >= 15 is 0 Å². The maximum Gasteiger partial charge on any atom is 0.304 e. The van der Waals surface area contributed by atoms with E-state index in [0.717, 1.165) is 28.2 Å². The molecule has 0 saturated heterocycles. The van der Waals surface area contributed by atoms with Crippen molar-refractivity contribution in [3.05, 3.63) is 51.0 Å². The fourth-order valence-electron chi connectivity index (χ4n) is 1.59. The lowest BCUT2D eigenvalue weighted by Gasteiger charge is -1.99. The number of hydrogen-bond donors (Lipinski definition) is 2. The third kappa shape index (κ3) is 3.93. The molecule has 0 atom stereocenters. The maximum absolute atomic E-state index is 11.1. The zero-order valence-electron chi connectivity index (χ0n) is 10.5. The molecule has 0 radical (unpaired) electrons. The zero-order valence-corrected chi connectivity index (χ0v) is 11.3. The quantitative estimate of drug-likeness (QED) is 0.898. The lowest BCUT2D eigenvalue weighted by molar-refractivity contribution is -0.118. The Bertz CT molecular complexity index is 638. The summed E-state index contributed by atoms with van der Waals surface area (Å²) in [7, 11) is 0. The van der Waals surface area contributed by atoms with Crippen LogP contribution in [0.5, 0.6) is 0 Å². The van der Waals surface area contributed by atoms with Gasteiger partial charge < -0.3 is 10.3 Å². The van der Waals surface area contributed by atoms with Gasteiger partial charge in [0.1, 0.15) is 0 Å². The van der Waals surface area contributed by atoms with Gasteiger partial charge in [-0.05, 0) is 11.1 Å². The number of carbonyl (C=O) groups excluding carboxylic acids is 1. The van der Waals surface area contributed by atoms with Crippen LogP contribution < -0.4 is 10.2 Å². The van der Waals surface area contributed by atoms with Gasteiger partial charge in [-0.25, -0.2) is 0 Å². The van der Waals surface area contributed by atoms with E-state index in [0.29, 0.717) is 6.54 Å². The standard InChI is InChI=1S/C14H14N2O2S/c1-10(17)15-8-2-3-11-4-6-12(7-5-11)13-9-19-14(18)16-13/h2-7,9H,8H2,1H3,(H,15,17)(H,16,18). The Morgan fingerprint density at radius 1 is 1.37 bits per heavy atom. The maximum atomic E-state index is 11.1. The van der Waals surface area contributed by atoms with Crippen molar-refractivity contribution in [2.75, 3.05) is 6.54 Å². The first-order valence-corrected chi connectivity index (χ1v) is 6.72. The van der Waals surface area contributed by atoms with E-state index in [1.54, 1.807) is 0 Å². The molecule has 0 aliphatic rings. The molecule has 5 heteroatoms. The van der Waals surface area contributed by atoms with Gasteiger partial charge in [-0.2, -0.15) is 0 Å². The summed E-state index contributed by atoms with van der Waals surface area (Å²) in [5.41, 5.74) is 2.87. The molecular formula is C14H14N2O2S. The molecule has 98 valence electrons. The molecule has 4 nitrogen and oxygen atoms in total. The molecule has 0 bridgehead atoms. The number of thiazole rings is 1. The number of benzene rings is 1. The topological polar surface area (TPSA) is 62.0 Å². The lowest BCUT2D eigenvalue weighted by atomic mass is 10.1. The first-order valence-electron chi connectivity index (χ1n) is 5.84. The largest absolute Gasteiger partial charge is 0.353 e. The summed E-state index contributed by atoms with van der Waals surface area (Å²) in [4.78, 5) is 24.5. The number of rotatable bonds is 4. The minimum atomic E-state index is -0.0470. The zero-order chi connectivity index (χ0) is 13.7. The Morgan fingerprint density at radius 2 is 2.11 bits per heavy atom. The highest BCUT2D eigenvalue weighted by atomic mass is 32.1. The molecule has 2 aromatic rings. The van der Waals surface area contributed by atoms with Crippen LogP contribution in [-0.4, -0.2) is 17.4 Å². The van der Waals surface area contributed by atoms with E-state index in [1.807, 2.05) is 41.8 Å². The fourth-order valence-corrected chi connectivity index (χ4v) is 2.18. The van der Waals surface area contributed by atoms with Crippen molar-refractivity contribution < 1.29 is 4.79 Å². The van der Waals surface area contributed by atoms with E-state index in [-0.39, 0.29) is 10.8 Å². The van der Waals surface area contributed by atoms with Crippen molar-refractivity contribution in [2.45, 2.75) is 6.92 Å². The van der Waals surface area contributed by atoms with Gasteiger partial charge in [-0.1, -0.05) is 47.8 Å². The van der Waals surface area contributed by atoms with Crippen molar-refractivity contribution in [3.63, 3.8) is 0 Å². The van der Waals surface area contributed by atoms with E-state index in [9.17, 15) is 9.59 Å². The van der Waals surface area contributed by atoms with Gasteiger partial charge in [-0.15, -0.1) is 0 Å². The minimum Gasteiger partial charge on any atom is -0.353 e. The van der Waals surface area contributed by atoms with E-state index < -0.39 is 0 Å². The molecule has 0 saturated carbocycles. The van der Waals surface area contributed by atoms with Crippen LogP contribution in [0, 0.1) is 0 Å². The van der Waals surface area contributed by atoms with E-state index in [4.69, 9.17) is 0 Å². The van der Waals surface area contributed by atoms with Crippen molar-refractivity contribution in [1.29, 1.82) is 0 Å². The van der Waals surface area contributed by atoms with Crippen LogP contribution in [-0.2, 0) is 4.79 Å². The number of aromatic amines is 1. The summed E-state index contributed by atoms with van der Waals surface area (Å²) in [5, 5.41) is 4.50. The number of H-pyrrole nitrogens is 1. The van der Waals surface area contributed by atoms with Crippen molar-refractivity contribution in [3.8, 4) is 11.3 Å². The molecule has 19 heavy (non-hydrogen) atoms. The number of hydrogen-bond acceptors (Lipinski definition) is 3. The molecular weight excluding hydrogens is 260 g/mol. The fraction of sp³-hybridized carbons (Fsp3) is 0.143. The van der Waals surface area contributed by atoms with Crippen LogP contribution in [0.1, 0.15) is 12.5 Å². The third-order valence-electron chi connectivity index (χ3n) is 2.52. The SMILES string of the molecule is CC(=O)NCC=Cc1ccc(-c2csc(=O)[nH]2)cc1. The number of aromatic nitrogens is 1. The van der Waals surface area contributed by atoms with Crippen LogP contribution in [0.3, 0.4) is 0 Å². The summed E-state index contributed by atoms with van der Waals surface area (Å²) in [6.45, 7) is 2.01. The Hall–Kier alpha value is -2.14. The number of carbonyl (C=O) groups is 1. The highest BCUT2D eigenvalue weighted by molar-refractivity contribution is 7.07. The van der Waals surface area contributed by atoms with Crippen molar-refractivity contribution >= 4 is 23.3 Å². The predicted molar refractivity (Wildman–Crippen MR) is 78.1 cm³/mol. The Kier molecular flexibility index (Phi) is 4.30. The van der Waals surface area contributed by atoms with Gasteiger partial charge >= 0.3 is 4.87 Å². The van der Waals surface area contributed by atoms with Crippen molar-refractivity contribution in [1.82, 2.24) is 10.3 Å². The molecule has 1 amide bonds. The molecule has 0 aliphatic heterocycles. The van der Waals surface area contributed by atoms with Crippen LogP contribution in [0.4, 0.5) is 0 Å². The van der Waals surface area contributed by atoms with Gasteiger partial charge in [0.05, 0.1) is 5.69 Å². The summed E-state index contributed by atoms with van der Waals surface area (Å²) in [5.74, 6) is -0.0404. The van der Waals surface area contributed by atoms with E-state index in [2.05, 4.69) is 10.3 Å². The van der Waals surface area contributed by atoms with Crippen LogP contribution in [0.2, 0.25) is 0 Å². The predicted octanol–water partition coefficient (Wildman–Crippen LogP) is 2.25. The van der Waals surface area contributed by atoms with Crippen molar-refractivity contribution in [2.24, 2.45) is 0 Å². The summed E-state index contributed by atoms with van der Waals surface area (Å²) in [6.07, 6.45) is 3.83. The Balaban J connectivity index is 2.02. The molecule has 2 N–H and O–H groups in total. The number of nitrogens with one attached hydrogen (secondary N) is 2.